The number of H-pyrrole nitrogens is 1. The van der Waals surface area contributed by atoms with Crippen molar-refractivity contribution in [3.05, 3.63) is 29.8 Å². The van der Waals surface area contributed by atoms with Crippen LogP contribution >= 0.6 is 11.8 Å². The van der Waals surface area contributed by atoms with E-state index in [9.17, 15) is 54.0 Å². The Morgan fingerprint density at radius 2 is 1.49 bits per heavy atom. The van der Waals surface area contributed by atoms with Gasteiger partial charge in [-0.3, -0.25) is 33.6 Å². The summed E-state index contributed by atoms with van der Waals surface area (Å²) in [5, 5.41) is 58.1. The molecule has 0 spiro atoms. The van der Waals surface area contributed by atoms with E-state index in [0.29, 0.717) is 21.5 Å². The average Bonchev–Trinajstić information content (AvgIpc) is 3.69. The summed E-state index contributed by atoms with van der Waals surface area (Å²) in [5.74, 6) is -6.26. The van der Waals surface area contributed by atoms with Gasteiger partial charge in [-0.1, -0.05) is 18.2 Å². The van der Waals surface area contributed by atoms with Gasteiger partial charge in [-0.2, -0.15) is 0 Å². The summed E-state index contributed by atoms with van der Waals surface area (Å²) in [6, 6.07) is -2.86. The van der Waals surface area contributed by atoms with Crippen molar-refractivity contribution < 1.29 is 54.0 Å². The second-order valence-electron chi connectivity index (χ2n) is 14.6. The van der Waals surface area contributed by atoms with Crippen molar-refractivity contribution in [2.24, 2.45) is 0 Å². The number of nitrogens with zero attached hydrogens (tertiary/aromatic N) is 1. The number of carbonyl (C=O) groups excluding carboxylic acids is 7. The van der Waals surface area contributed by atoms with Gasteiger partial charge in [-0.05, 0) is 39.3 Å². The lowest BCUT2D eigenvalue weighted by molar-refractivity contribution is -0.142. The number of nitrogens with one attached hydrogen (secondary N) is 7. The molecular formula is C35H48N8O11S. The van der Waals surface area contributed by atoms with Gasteiger partial charge in [-0.15, -0.1) is 11.8 Å². The Balaban J connectivity index is 1.69. The number of hydrogen-bond acceptors (Lipinski definition) is 12. The molecule has 0 aliphatic carbocycles. The van der Waals surface area contributed by atoms with Gasteiger partial charge in [-0.25, -0.2) is 0 Å². The Morgan fingerprint density at radius 1 is 0.855 bits per heavy atom. The first-order chi connectivity index (χ1) is 25.9. The van der Waals surface area contributed by atoms with Gasteiger partial charge in [0.05, 0.1) is 29.4 Å². The monoisotopic (exact) mass is 788 g/mol. The molecule has 4 unspecified atom stereocenters. The number of benzene rings is 1. The lowest BCUT2D eigenvalue weighted by Gasteiger charge is -2.31. The average molecular weight is 789 g/mol. The Morgan fingerprint density at radius 3 is 2.16 bits per heavy atom. The van der Waals surface area contributed by atoms with Gasteiger partial charge in [0.15, 0.2) is 0 Å². The summed E-state index contributed by atoms with van der Waals surface area (Å²) in [7, 11) is 0. The quantitative estimate of drug-likeness (QED) is 0.143. The molecular weight excluding hydrogens is 740 g/mol. The molecule has 0 saturated carbocycles. The largest absolute Gasteiger partial charge is 0.393 e. The minimum Gasteiger partial charge on any atom is -0.393 e. The van der Waals surface area contributed by atoms with E-state index in [1.165, 1.54) is 27.7 Å². The number of aromatic nitrogens is 1. The molecule has 4 heterocycles. The van der Waals surface area contributed by atoms with Crippen LogP contribution in [-0.4, -0.2) is 151 Å². The number of hydrogen-bond donors (Lipinski definition) is 11. The highest BCUT2D eigenvalue weighted by Crippen LogP contribution is 2.32. The highest BCUT2D eigenvalue weighted by molar-refractivity contribution is 7.99. The van der Waals surface area contributed by atoms with Crippen LogP contribution in [0.5, 0.6) is 0 Å². The van der Waals surface area contributed by atoms with E-state index in [-0.39, 0.29) is 25.1 Å². The summed E-state index contributed by atoms with van der Waals surface area (Å²) < 4.78 is 0. The number of rotatable bonds is 4. The van der Waals surface area contributed by atoms with Crippen LogP contribution < -0.4 is 31.9 Å². The fourth-order valence-electron chi connectivity index (χ4n) is 6.74. The van der Waals surface area contributed by atoms with Gasteiger partial charge in [0.25, 0.3) is 0 Å². The van der Waals surface area contributed by atoms with E-state index < -0.39 is 114 Å². The molecule has 19 nitrogen and oxygen atoms in total. The summed E-state index contributed by atoms with van der Waals surface area (Å²) in [5.41, 5.74) is -0.741. The number of para-hydroxylation sites is 1. The smallest absolute Gasteiger partial charge is 0.246 e. The van der Waals surface area contributed by atoms with Crippen LogP contribution in [0, 0.1) is 0 Å². The van der Waals surface area contributed by atoms with E-state index in [4.69, 9.17) is 0 Å². The number of carbonyl (C=O) groups is 7. The van der Waals surface area contributed by atoms with Gasteiger partial charge >= 0.3 is 0 Å². The molecule has 10 atom stereocenters. The number of aromatic amines is 1. The van der Waals surface area contributed by atoms with Gasteiger partial charge < -0.3 is 62.2 Å². The molecule has 55 heavy (non-hydrogen) atoms. The molecule has 7 amide bonds. The maximum Gasteiger partial charge on any atom is 0.246 e. The Labute approximate surface area is 320 Å². The molecule has 20 heteroatoms. The predicted octanol–water partition coefficient (Wildman–Crippen LogP) is -3.75. The maximum absolute atomic E-state index is 14.3. The Kier molecular flexibility index (Phi) is 12.8. The fourth-order valence-corrected chi connectivity index (χ4v) is 7.85. The summed E-state index contributed by atoms with van der Waals surface area (Å²) >= 11 is 1.08. The van der Waals surface area contributed by atoms with Crippen molar-refractivity contribution in [3.63, 3.8) is 0 Å². The molecule has 1 fully saturated rings. The lowest BCUT2D eigenvalue weighted by atomic mass is 9.96. The van der Waals surface area contributed by atoms with Crippen LogP contribution in [-0.2, 0) is 40.0 Å². The van der Waals surface area contributed by atoms with Crippen LogP contribution in [0.3, 0.4) is 0 Å². The number of amides is 7. The summed E-state index contributed by atoms with van der Waals surface area (Å²) in [6.45, 7) is 4.02. The second-order valence-corrected chi connectivity index (χ2v) is 15.6. The van der Waals surface area contributed by atoms with Crippen molar-refractivity contribution in [2.45, 2.75) is 112 Å². The fraction of sp³-hybridized carbons (Fsp3) is 0.571. The van der Waals surface area contributed by atoms with Crippen molar-refractivity contribution in [2.75, 3.05) is 18.9 Å². The van der Waals surface area contributed by atoms with Gasteiger partial charge in [0.2, 0.25) is 41.4 Å². The first kappa shape index (κ1) is 41.4. The van der Waals surface area contributed by atoms with Crippen molar-refractivity contribution in [1.82, 2.24) is 41.8 Å². The zero-order valence-electron chi connectivity index (χ0n) is 30.8. The third-order valence-corrected chi connectivity index (χ3v) is 11.0. The molecule has 11 N–H and O–H groups in total. The molecule has 1 aromatic heterocycles. The normalized spacial score (nSPS) is 30.8. The molecule has 1 saturated heterocycles. The highest BCUT2D eigenvalue weighted by Gasteiger charge is 2.44. The molecule has 2 bridgehead atoms. The zero-order chi connectivity index (χ0) is 40.4. The number of aliphatic hydroxyl groups excluding tert-OH is 3. The third-order valence-electron chi connectivity index (χ3n) is 9.87. The Bertz CT molecular complexity index is 1840. The maximum atomic E-state index is 14.3. The molecule has 3 aliphatic heterocycles. The van der Waals surface area contributed by atoms with Crippen LogP contribution in [0.1, 0.15) is 46.1 Å². The zero-order valence-corrected chi connectivity index (χ0v) is 31.6. The standard InChI is InChI=1S/C35H48N8O11S/c1-15-27(47)38-22-10-20-19-7-5-6-8-21(19)41-33(20)55-13-24(34(53)43-12-18(46)9-25(43)31(51)37-15)40-32(52)26(17(3)45)42-28(48)16(2)36-30(50)23(39-29(22)49)11-35(4,54)14-44/h5-8,15-18,22-26,41,44-46,54H,9-14H2,1-4H3,(H,36,50)(H,37,51)(H,38,47)(H,39,49)(H,40,52)(H,42,48)/t15-,16-,17?,18?,22-,23-,24-,25?,26-,35?/m0/s1. The van der Waals surface area contributed by atoms with E-state index in [0.717, 1.165) is 16.7 Å². The van der Waals surface area contributed by atoms with Gasteiger partial charge in [0, 0.05) is 42.5 Å². The molecule has 300 valence electrons. The lowest BCUT2D eigenvalue weighted by Crippen LogP contribution is -2.61. The number of aliphatic hydroxyl groups is 4. The van der Waals surface area contributed by atoms with Crippen LogP contribution in [0.15, 0.2) is 29.3 Å². The minimum atomic E-state index is -1.90. The van der Waals surface area contributed by atoms with E-state index >= 15 is 0 Å². The van der Waals surface area contributed by atoms with E-state index in [1.54, 1.807) is 24.3 Å². The van der Waals surface area contributed by atoms with Gasteiger partial charge in [0.1, 0.15) is 42.3 Å². The summed E-state index contributed by atoms with van der Waals surface area (Å²) in [6.07, 6.45) is -3.53. The van der Waals surface area contributed by atoms with Crippen molar-refractivity contribution in [1.29, 1.82) is 0 Å². The van der Waals surface area contributed by atoms with Crippen LogP contribution in [0.2, 0.25) is 0 Å². The number of fused-ring (bicyclic) bond motifs is 5. The van der Waals surface area contributed by atoms with E-state index in [1.807, 2.05) is 0 Å². The predicted molar refractivity (Wildman–Crippen MR) is 196 cm³/mol. The van der Waals surface area contributed by atoms with E-state index in [2.05, 4.69) is 36.9 Å². The second kappa shape index (κ2) is 16.9. The van der Waals surface area contributed by atoms with Crippen molar-refractivity contribution in [3.8, 4) is 0 Å². The topological polar surface area (TPSA) is 292 Å². The molecule has 1 aromatic carbocycles. The highest BCUT2D eigenvalue weighted by atomic mass is 32.2. The number of thioether (sulfide) groups is 1. The molecule has 0 radical (unpaired) electrons. The first-order valence-corrected chi connectivity index (χ1v) is 18.9. The van der Waals surface area contributed by atoms with Crippen molar-refractivity contribution >= 4 is 64.0 Å². The van der Waals surface area contributed by atoms with Crippen LogP contribution in [0.4, 0.5) is 0 Å². The third kappa shape index (κ3) is 9.55. The van der Waals surface area contributed by atoms with Crippen LogP contribution in [0.25, 0.3) is 10.9 Å². The molecule has 2 aromatic rings. The SMILES string of the molecule is CC(O)[C@@H]1NC(=O)[C@H](C)NC(=O)[C@H](CC(C)(O)CO)NC(=O)[C@@H]2Cc3c([nH]c4ccccc34)SC[C@H](NC1=O)C(=O)N1CC(O)CC1C(=O)N[C@@H](C)C(=O)N2. The first-order valence-electron chi connectivity index (χ1n) is 17.9. The summed E-state index contributed by atoms with van der Waals surface area (Å²) in [4.78, 5) is 101. The molecule has 5 rings (SSSR count). The minimum absolute atomic E-state index is 0.170. The molecule has 3 aliphatic rings. The Hall–Kier alpha value is -4.76.